The zero-order valence-corrected chi connectivity index (χ0v) is 10.3. The normalized spacial score (nSPS) is 12.6. The highest BCUT2D eigenvalue weighted by Crippen LogP contribution is 2.27. The predicted molar refractivity (Wildman–Crippen MR) is 63.1 cm³/mol. The molecule has 0 aliphatic carbocycles. The van der Waals surface area contributed by atoms with E-state index < -0.39 is 6.10 Å². The number of benzene rings is 1. The van der Waals surface area contributed by atoms with Crippen LogP contribution >= 0.6 is 23.2 Å². The van der Waals surface area contributed by atoms with E-state index in [0.29, 0.717) is 5.02 Å². The van der Waals surface area contributed by atoms with Crippen LogP contribution < -0.4 is 4.74 Å². The Morgan fingerprint density at radius 2 is 1.87 bits per heavy atom. The van der Waals surface area contributed by atoms with Crippen LogP contribution in [-0.4, -0.2) is 23.7 Å². The molecule has 2 nitrogen and oxygen atoms in total. The van der Waals surface area contributed by atoms with Gasteiger partial charge < -0.3 is 9.84 Å². The van der Waals surface area contributed by atoms with Crippen LogP contribution in [0.15, 0.2) is 12.1 Å². The summed E-state index contributed by atoms with van der Waals surface area (Å²) in [5.74, 6) is 0.939. The first-order valence-electron chi connectivity index (χ1n) is 4.68. The Hall–Kier alpha value is -0.440. The molecule has 0 fully saturated rings. The second kappa shape index (κ2) is 5.59. The molecule has 0 bridgehead atoms. The molecule has 0 heterocycles. The first kappa shape index (κ1) is 12.6. The lowest BCUT2D eigenvalue weighted by Crippen LogP contribution is -2.19. The van der Waals surface area contributed by atoms with E-state index in [1.54, 1.807) is 0 Å². The largest absolute Gasteiger partial charge is 0.490 e. The fraction of sp³-hybridized carbons (Fsp3) is 0.455. The summed E-state index contributed by atoms with van der Waals surface area (Å²) in [4.78, 5) is 0. The Balaban J connectivity index is 2.77. The van der Waals surface area contributed by atoms with Crippen molar-refractivity contribution in [1.29, 1.82) is 0 Å². The molecule has 0 amide bonds. The molecular weight excluding hydrogens is 235 g/mol. The van der Waals surface area contributed by atoms with E-state index in [1.165, 1.54) is 0 Å². The monoisotopic (exact) mass is 248 g/mol. The van der Waals surface area contributed by atoms with Gasteiger partial charge in [0.2, 0.25) is 0 Å². The highest BCUT2D eigenvalue weighted by atomic mass is 35.5. The smallest absolute Gasteiger partial charge is 0.125 e. The molecule has 1 unspecified atom stereocenters. The van der Waals surface area contributed by atoms with Crippen LogP contribution in [0.4, 0.5) is 0 Å². The molecule has 84 valence electrons. The Kier molecular flexibility index (Phi) is 4.71. The van der Waals surface area contributed by atoms with Crippen LogP contribution in [0.3, 0.4) is 0 Å². The Labute approximate surface area is 99.8 Å². The third-order valence-electron chi connectivity index (χ3n) is 2.02. The Morgan fingerprint density at radius 1 is 1.33 bits per heavy atom. The van der Waals surface area contributed by atoms with E-state index in [0.717, 1.165) is 16.9 Å². The Morgan fingerprint density at radius 3 is 2.33 bits per heavy atom. The van der Waals surface area contributed by atoms with Crippen molar-refractivity contribution in [3.63, 3.8) is 0 Å². The number of halogens is 2. The SMILES string of the molecule is Cc1cc(Cl)cc(C)c1OCC(O)CCl. The highest BCUT2D eigenvalue weighted by Gasteiger charge is 2.08. The number of aliphatic hydroxyl groups excluding tert-OH is 1. The molecule has 1 aromatic rings. The molecule has 0 aliphatic heterocycles. The number of hydrogen-bond donors (Lipinski definition) is 1. The van der Waals surface area contributed by atoms with Crippen molar-refractivity contribution in [2.75, 3.05) is 12.5 Å². The van der Waals surface area contributed by atoms with Crippen molar-refractivity contribution in [2.24, 2.45) is 0 Å². The van der Waals surface area contributed by atoms with Crippen LogP contribution in [0.2, 0.25) is 5.02 Å². The van der Waals surface area contributed by atoms with E-state index in [2.05, 4.69) is 0 Å². The van der Waals surface area contributed by atoms with Gasteiger partial charge in [0, 0.05) is 5.02 Å². The van der Waals surface area contributed by atoms with E-state index >= 15 is 0 Å². The van der Waals surface area contributed by atoms with Crippen molar-refractivity contribution in [1.82, 2.24) is 0 Å². The van der Waals surface area contributed by atoms with Crippen molar-refractivity contribution in [2.45, 2.75) is 20.0 Å². The van der Waals surface area contributed by atoms with Crippen molar-refractivity contribution in [3.05, 3.63) is 28.3 Å². The summed E-state index contributed by atoms with van der Waals surface area (Å²) in [6, 6.07) is 3.66. The maximum Gasteiger partial charge on any atom is 0.125 e. The molecule has 0 saturated carbocycles. The molecule has 0 aromatic heterocycles. The van der Waals surface area contributed by atoms with Crippen LogP contribution in [0, 0.1) is 13.8 Å². The first-order chi connectivity index (χ1) is 7.04. The van der Waals surface area contributed by atoms with Crippen LogP contribution in [-0.2, 0) is 0 Å². The van der Waals surface area contributed by atoms with Gasteiger partial charge in [-0.25, -0.2) is 0 Å². The third-order valence-corrected chi connectivity index (χ3v) is 2.60. The second-order valence-corrected chi connectivity index (χ2v) is 4.23. The number of alkyl halides is 1. The van der Waals surface area contributed by atoms with Gasteiger partial charge in [0.15, 0.2) is 0 Å². The summed E-state index contributed by atoms with van der Waals surface area (Å²) in [5.41, 5.74) is 1.92. The van der Waals surface area contributed by atoms with Crippen LogP contribution in [0.25, 0.3) is 0 Å². The molecule has 15 heavy (non-hydrogen) atoms. The van der Waals surface area contributed by atoms with E-state index in [4.69, 9.17) is 27.9 Å². The van der Waals surface area contributed by atoms with Crippen molar-refractivity contribution >= 4 is 23.2 Å². The minimum Gasteiger partial charge on any atom is -0.490 e. The van der Waals surface area contributed by atoms with Gasteiger partial charge in [-0.2, -0.15) is 0 Å². The summed E-state index contributed by atoms with van der Waals surface area (Å²) in [5, 5.41) is 9.96. The van der Waals surface area contributed by atoms with E-state index in [9.17, 15) is 5.11 Å². The third kappa shape index (κ3) is 3.56. The zero-order valence-electron chi connectivity index (χ0n) is 8.76. The minimum absolute atomic E-state index is 0.172. The molecular formula is C11H14Cl2O2. The second-order valence-electron chi connectivity index (χ2n) is 3.49. The number of rotatable bonds is 4. The molecule has 0 saturated heterocycles. The minimum atomic E-state index is -0.638. The van der Waals surface area contributed by atoms with Crippen LogP contribution in [0.1, 0.15) is 11.1 Å². The van der Waals surface area contributed by atoms with Gasteiger partial charge in [0.05, 0.1) is 5.88 Å². The van der Waals surface area contributed by atoms with Gasteiger partial charge >= 0.3 is 0 Å². The van der Waals surface area contributed by atoms with Crippen molar-refractivity contribution in [3.8, 4) is 5.75 Å². The van der Waals surface area contributed by atoms with Gasteiger partial charge in [0.1, 0.15) is 18.5 Å². The summed E-state index contributed by atoms with van der Waals surface area (Å²) in [7, 11) is 0. The van der Waals surface area contributed by atoms with E-state index in [1.807, 2.05) is 26.0 Å². The lowest BCUT2D eigenvalue weighted by Gasteiger charge is -2.14. The summed E-state index contributed by atoms with van der Waals surface area (Å²) in [6.07, 6.45) is -0.638. The summed E-state index contributed by atoms with van der Waals surface area (Å²) >= 11 is 11.4. The molecule has 1 N–H and O–H groups in total. The quantitative estimate of drug-likeness (QED) is 0.831. The number of ether oxygens (including phenoxy) is 1. The van der Waals surface area contributed by atoms with E-state index in [-0.39, 0.29) is 12.5 Å². The molecule has 1 aromatic carbocycles. The molecule has 4 heteroatoms. The van der Waals surface area contributed by atoms with Gasteiger partial charge in [-0.3, -0.25) is 0 Å². The van der Waals surface area contributed by atoms with Gasteiger partial charge in [-0.1, -0.05) is 11.6 Å². The Bertz CT molecular complexity index is 316. The maximum atomic E-state index is 9.27. The van der Waals surface area contributed by atoms with Crippen LogP contribution in [0.5, 0.6) is 5.75 Å². The average molecular weight is 249 g/mol. The number of hydrogen-bond acceptors (Lipinski definition) is 2. The molecule has 1 rings (SSSR count). The topological polar surface area (TPSA) is 29.5 Å². The fourth-order valence-electron chi connectivity index (χ4n) is 1.35. The van der Waals surface area contributed by atoms with Gasteiger partial charge in [0.25, 0.3) is 0 Å². The highest BCUT2D eigenvalue weighted by molar-refractivity contribution is 6.30. The molecule has 0 spiro atoms. The standard InChI is InChI=1S/C11H14Cl2O2/c1-7-3-9(13)4-8(2)11(7)15-6-10(14)5-12/h3-4,10,14H,5-6H2,1-2H3. The van der Waals surface area contributed by atoms with Gasteiger partial charge in [-0.05, 0) is 37.1 Å². The number of aryl methyl sites for hydroxylation is 2. The lowest BCUT2D eigenvalue weighted by atomic mass is 10.1. The molecule has 1 atom stereocenters. The summed E-state index contributed by atoms with van der Waals surface area (Å²) < 4.78 is 5.48. The van der Waals surface area contributed by atoms with Crippen molar-refractivity contribution < 1.29 is 9.84 Å². The maximum absolute atomic E-state index is 9.27. The first-order valence-corrected chi connectivity index (χ1v) is 5.59. The average Bonchev–Trinajstić information content (AvgIpc) is 2.15. The predicted octanol–water partition coefficient (Wildman–Crippen LogP) is 2.94. The summed E-state index contributed by atoms with van der Waals surface area (Å²) in [6.45, 7) is 4.04. The van der Waals surface area contributed by atoms with Gasteiger partial charge in [-0.15, -0.1) is 11.6 Å². The molecule has 0 radical (unpaired) electrons. The zero-order chi connectivity index (χ0) is 11.4. The lowest BCUT2D eigenvalue weighted by molar-refractivity contribution is 0.124. The number of aliphatic hydroxyl groups is 1. The molecule has 0 aliphatic rings. The fourth-order valence-corrected chi connectivity index (χ4v) is 1.77.